The van der Waals surface area contributed by atoms with Gasteiger partial charge < -0.3 is 14.7 Å². The second-order valence-corrected chi connectivity index (χ2v) is 6.85. The maximum Gasteiger partial charge on any atom is 0.416 e. The molecule has 1 heterocycles. The van der Waals surface area contributed by atoms with E-state index < -0.39 is 11.7 Å². The Hall–Kier alpha value is -2.35. The van der Waals surface area contributed by atoms with Crippen LogP contribution >= 0.6 is 0 Å². The monoisotopic (exact) mass is 382 g/mol. The third-order valence-electron chi connectivity index (χ3n) is 4.37. The lowest BCUT2D eigenvalue weighted by atomic mass is 10.1. The summed E-state index contributed by atoms with van der Waals surface area (Å²) in [5.41, 5.74) is 0.668. The molecule has 27 heavy (non-hydrogen) atoms. The summed E-state index contributed by atoms with van der Waals surface area (Å²) in [5.74, 6) is -0.201. The number of hydrogen-bond acceptors (Lipinski definition) is 4. The molecule has 8 heteroatoms. The van der Waals surface area contributed by atoms with Crippen LogP contribution < -0.4 is 4.90 Å². The van der Waals surface area contributed by atoms with Crippen molar-refractivity contribution in [3.05, 3.63) is 36.4 Å². The summed E-state index contributed by atoms with van der Waals surface area (Å²) in [5, 5.41) is 0. The number of aliphatic imine (C=N–C) groups is 1. The number of amides is 1. The zero-order valence-corrected chi connectivity index (χ0v) is 15.9. The van der Waals surface area contributed by atoms with E-state index in [2.05, 4.69) is 11.6 Å². The van der Waals surface area contributed by atoms with E-state index in [1.807, 2.05) is 19.0 Å². The number of benzene rings is 1. The first-order valence-corrected chi connectivity index (χ1v) is 8.66. The van der Waals surface area contributed by atoms with E-state index >= 15 is 0 Å². The van der Waals surface area contributed by atoms with Crippen LogP contribution in [0, 0.1) is 0 Å². The summed E-state index contributed by atoms with van der Waals surface area (Å²) in [7, 11) is 5.58. The number of likely N-dealkylation sites (N-methyl/N-ethyl adjacent to an activating group) is 2. The Morgan fingerprint density at radius 2 is 1.96 bits per heavy atom. The molecule has 0 bridgehead atoms. The molecular formula is C19H25F3N4O. The van der Waals surface area contributed by atoms with Gasteiger partial charge in [-0.15, -0.1) is 0 Å². The lowest BCUT2D eigenvalue weighted by Gasteiger charge is -2.23. The third kappa shape index (κ3) is 5.82. The van der Waals surface area contributed by atoms with Crippen LogP contribution in [-0.4, -0.2) is 68.7 Å². The molecule has 148 valence electrons. The number of alkyl halides is 3. The van der Waals surface area contributed by atoms with E-state index in [4.69, 9.17) is 0 Å². The number of carbonyl (C=O) groups excluding carboxylic acids is 1. The van der Waals surface area contributed by atoms with Gasteiger partial charge in [-0.2, -0.15) is 13.2 Å². The smallest absolute Gasteiger partial charge is 0.373 e. The average Bonchev–Trinajstić information content (AvgIpc) is 3.06. The summed E-state index contributed by atoms with van der Waals surface area (Å²) >= 11 is 0. The van der Waals surface area contributed by atoms with Crippen LogP contribution in [0.4, 0.5) is 24.5 Å². The van der Waals surface area contributed by atoms with Crippen LogP contribution in [-0.2, 0) is 11.0 Å². The SMILES string of the molecule is C=CC(=O)N1CCC(=Nc2cc(N(C)CCN(C)C)cc(C(F)(F)F)c2)C1. The fourth-order valence-electron chi connectivity index (χ4n) is 2.76. The minimum absolute atomic E-state index is 0.201. The van der Waals surface area contributed by atoms with Gasteiger partial charge in [0, 0.05) is 44.5 Å². The molecule has 0 aliphatic carbocycles. The highest BCUT2D eigenvalue weighted by Gasteiger charge is 2.32. The van der Waals surface area contributed by atoms with Crippen molar-refractivity contribution >= 4 is 23.0 Å². The number of anilines is 1. The number of hydrogen-bond donors (Lipinski definition) is 0. The Labute approximate surface area is 157 Å². The molecular weight excluding hydrogens is 357 g/mol. The summed E-state index contributed by atoms with van der Waals surface area (Å²) in [6.07, 6.45) is -2.68. The first-order valence-electron chi connectivity index (χ1n) is 8.66. The van der Waals surface area contributed by atoms with Crippen LogP contribution in [0.2, 0.25) is 0 Å². The van der Waals surface area contributed by atoms with Gasteiger partial charge in [0.25, 0.3) is 0 Å². The molecule has 1 aromatic rings. The highest BCUT2D eigenvalue weighted by atomic mass is 19.4. The summed E-state index contributed by atoms with van der Waals surface area (Å²) in [4.78, 5) is 21.4. The van der Waals surface area contributed by atoms with Crippen molar-refractivity contribution in [3.63, 3.8) is 0 Å². The highest BCUT2D eigenvalue weighted by molar-refractivity contribution is 5.97. The molecule has 0 radical (unpaired) electrons. The first-order chi connectivity index (χ1) is 12.6. The van der Waals surface area contributed by atoms with Gasteiger partial charge in [-0.3, -0.25) is 9.79 Å². The van der Waals surface area contributed by atoms with Crippen molar-refractivity contribution in [2.45, 2.75) is 12.6 Å². The fourth-order valence-corrected chi connectivity index (χ4v) is 2.76. The van der Waals surface area contributed by atoms with Crippen molar-refractivity contribution in [2.24, 2.45) is 4.99 Å². The minimum atomic E-state index is -4.45. The zero-order valence-electron chi connectivity index (χ0n) is 15.9. The molecule has 0 aromatic heterocycles. The number of rotatable bonds is 6. The Morgan fingerprint density at radius 3 is 2.56 bits per heavy atom. The van der Waals surface area contributed by atoms with Crippen molar-refractivity contribution in [1.29, 1.82) is 0 Å². The Kier molecular flexibility index (Phi) is 6.64. The van der Waals surface area contributed by atoms with Crippen LogP contribution in [0.5, 0.6) is 0 Å². The normalized spacial score (nSPS) is 16.3. The van der Waals surface area contributed by atoms with E-state index in [9.17, 15) is 18.0 Å². The number of carbonyl (C=O) groups is 1. The van der Waals surface area contributed by atoms with Gasteiger partial charge in [0.05, 0.1) is 17.8 Å². The molecule has 1 aromatic carbocycles. The third-order valence-corrected chi connectivity index (χ3v) is 4.37. The summed E-state index contributed by atoms with van der Waals surface area (Å²) in [6, 6.07) is 3.84. The topological polar surface area (TPSA) is 39.2 Å². The zero-order chi connectivity index (χ0) is 20.2. The predicted molar refractivity (Wildman–Crippen MR) is 102 cm³/mol. The lowest BCUT2D eigenvalue weighted by Crippen LogP contribution is -2.28. The maximum atomic E-state index is 13.3. The van der Waals surface area contributed by atoms with Gasteiger partial charge in [-0.1, -0.05) is 6.58 Å². The molecule has 0 N–H and O–H groups in total. The van der Waals surface area contributed by atoms with E-state index in [1.165, 1.54) is 6.08 Å². The average molecular weight is 382 g/mol. The second-order valence-electron chi connectivity index (χ2n) is 6.85. The Morgan fingerprint density at radius 1 is 1.26 bits per heavy atom. The molecule has 0 saturated carbocycles. The van der Waals surface area contributed by atoms with Crippen LogP contribution in [0.15, 0.2) is 35.8 Å². The first kappa shape index (κ1) is 21.0. The molecule has 5 nitrogen and oxygen atoms in total. The van der Waals surface area contributed by atoms with Crippen molar-refractivity contribution in [2.75, 3.05) is 52.2 Å². The van der Waals surface area contributed by atoms with Gasteiger partial charge in [0.1, 0.15) is 0 Å². The van der Waals surface area contributed by atoms with Crippen molar-refractivity contribution in [3.8, 4) is 0 Å². The van der Waals surface area contributed by atoms with Crippen LogP contribution in [0.3, 0.4) is 0 Å². The molecule has 0 spiro atoms. The Balaban J connectivity index is 2.30. The fraction of sp³-hybridized carbons (Fsp3) is 0.474. The van der Waals surface area contributed by atoms with Gasteiger partial charge >= 0.3 is 6.18 Å². The highest BCUT2D eigenvalue weighted by Crippen LogP contribution is 2.35. The van der Waals surface area contributed by atoms with E-state index in [1.54, 1.807) is 22.9 Å². The summed E-state index contributed by atoms with van der Waals surface area (Å²) < 4.78 is 39.9. The number of likely N-dealkylation sites (tertiary alicyclic amines) is 1. The second kappa shape index (κ2) is 8.56. The Bertz CT molecular complexity index is 728. The molecule has 1 amide bonds. The number of nitrogens with zero attached hydrogens (tertiary/aromatic N) is 4. The summed E-state index contributed by atoms with van der Waals surface area (Å²) in [6.45, 7) is 5.57. The molecule has 2 rings (SSSR count). The molecule has 1 aliphatic heterocycles. The molecule has 0 atom stereocenters. The maximum absolute atomic E-state index is 13.3. The predicted octanol–water partition coefficient (Wildman–Crippen LogP) is 3.19. The number of halogens is 3. The molecule has 1 aliphatic rings. The minimum Gasteiger partial charge on any atom is -0.373 e. The molecule has 1 saturated heterocycles. The van der Waals surface area contributed by atoms with Gasteiger partial charge in [0.15, 0.2) is 0 Å². The van der Waals surface area contributed by atoms with Crippen LogP contribution in [0.25, 0.3) is 0 Å². The van der Waals surface area contributed by atoms with Crippen LogP contribution in [0.1, 0.15) is 12.0 Å². The van der Waals surface area contributed by atoms with E-state index in [0.717, 1.165) is 18.7 Å². The lowest BCUT2D eigenvalue weighted by molar-refractivity contribution is -0.137. The van der Waals surface area contributed by atoms with E-state index in [0.29, 0.717) is 37.5 Å². The molecule has 0 unspecified atom stereocenters. The van der Waals surface area contributed by atoms with Gasteiger partial charge in [-0.05, 0) is 38.4 Å². The van der Waals surface area contributed by atoms with Gasteiger partial charge in [0.2, 0.25) is 5.91 Å². The largest absolute Gasteiger partial charge is 0.416 e. The van der Waals surface area contributed by atoms with Crippen molar-refractivity contribution in [1.82, 2.24) is 9.80 Å². The standard InChI is InChI=1S/C19H25F3N4O/c1-5-18(27)26-7-6-15(13-26)23-16-10-14(19(20,21)22)11-17(12-16)25(4)9-8-24(2)3/h5,10-12H,1,6-9,13H2,2-4H3. The quantitative estimate of drug-likeness (QED) is 0.710. The van der Waals surface area contributed by atoms with Gasteiger partial charge in [-0.25, -0.2) is 0 Å². The van der Waals surface area contributed by atoms with E-state index in [-0.39, 0.29) is 11.6 Å². The van der Waals surface area contributed by atoms with Crippen molar-refractivity contribution < 1.29 is 18.0 Å². The molecule has 1 fully saturated rings.